The summed E-state index contributed by atoms with van der Waals surface area (Å²) in [5.74, 6) is -0.717. The normalized spacial score (nSPS) is 20.0. The van der Waals surface area contributed by atoms with Crippen molar-refractivity contribution in [2.45, 2.75) is 110 Å². The van der Waals surface area contributed by atoms with Crippen molar-refractivity contribution in [3.05, 3.63) is 101 Å². The van der Waals surface area contributed by atoms with Crippen molar-refractivity contribution in [2.24, 2.45) is 0 Å². The van der Waals surface area contributed by atoms with Gasteiger partial charge in [0.1, 0.15) is 6.54 Å². The average molecular weight is 892 g/mol. The summed E-state index contributed by atoms with van der Waals surface area (Å²) in [4.78, 5) is 13.5. The highest BCUT2D eigenvalue weighted by Gasteiger charge is 2.44. The van der Waals surface area contributed by atoms with Crippen molar-refractivity contribution >= 4 is 79.8 Å². The molecule has 4 nitrogen and oxygen atoms in total. The van der Waals surface area contributed by atoms with Gasteiger partial charge >= 0.3 is 5.97 Å². The molecule has 2 aromatic carbocycles. The van der Waals surface area contributed by atoms with Crippen LogP contribution in [0.2, 0.25) is 0 Å². The first kappa shape index (κ1) is 37.3. The molecule has 7 heteroatoms. The highest BCUT2D eigenvalue weighted by Crippen LogP contribution is 2.49. The van der Waals surface area contributed by atoms with Crippen LogP contribution < -0.4 is 4.90 Å². The molecule has 2 aliphatic heterocycles. The lowest BCUT2D eigenvalue weighted by atomic mass is 9.81. The first-order chi connectivity index (χ1) is 22.9. The predicted octanol–water partition coefficient (Wildman–Crippen LogP) is 11.9. The molecule has 0 atom stereocenters. The first-order valence-corrected chi connectivity index (χ1v) is 20.1. The van der Waals surface area contributed by atoms with Crippen LogP contribution in [0, 0.1) is 7.14 Å². The molecule has 48 heavy (non-hydrogen) atoms. The fourth-order valence-corrected chi connectivity index (χ4v) is 8.88. The van der Waals surface area contributed by atoms with Gasteiger partial charge in [-0.05, 0) is 151 Å². The maximum Gasteiger partial charge on any atom is 0.303 e. The third-order valence-corrected chi connectivity index (χ3v) is 12.1. The van der Waals surface area contributed by atoms with Gasteiger partial charge in [-0.25, -0.2) is 0 Å². The number of allylic oxidation sites excluding steroid dienone is 8. The number of carboxylic acid groups (broad SMARTS) is 1. The Morgan fingerprint density at radius 1 is 0.917 bits per heavy atom. The Morgan fingerprint density at radius 2 is 1.65 bits per heavy atom. The summed E-state index contributed by atoms with van der Waals surface area (Å²) in [6, 6.07) is 13.6. The Kier molecular flexibility index (Phi) is 12.4. The fraction of sp³-hybridized carbons (Fsp3) is 0.463. The predicted molar refractivity (Wildman–Crippen MR) is 219 cm³/mol. The van der Waals surface area contributed by atoms with Crippen molar-refractivity contribution in [2.75, 3.05) is 18.0 Å². The van der Waals surface area contributed by atoms with E-state index in [0.29, 0.717) is 6.42 Å². The van der Waals surface area contributed by atoms with Gasteiger partial charge in [0.05, 0.1) is 5.41 Å². The molecule has 0 saturated heterocycles. The Morgan fingerprint density at radius 3 is 2.38 bits per heavy atom. The summed E-state index contributed by atoms with van der Waals surface area (Å²) in [5.41, 5.74) is 10.2. The summed E-state index contributed by atoms with van der Waals surface area (Å²) >= 11 is 12.1. The molecule has 0 saturated carbocycles. The highest BCUT2D eigenvalue weighted by atomic mass is 127. The summed E-state index contributed by atoms with van der Waals surface area (Å²) in [7, 11) is 0. The second kappa shape index (κ2) is 16.0. The van der Waals surface area contributed by atoms with E-state index in [1.807, 2.05) is 0 Å². The largest absolute Gasteiger partial charge is 0.481 e. The Balaban J connectivity index is 1.45. The van der Waals surface area contributed by atoms with E-state index in [2.05, 4.69) is 150 Å². The van der Waals surface area contributed by atoms with E-state index < -0.39 is 5.97 Å². The lowest BCUT2D eigenvalue weighted by Gasteiger charge is -2.27. The molecule has 256 valence electrons. The van der Waals surface area contributed by atoms with Gasteiger partial charge in [-0.15, -0.1) is 0 Å². The number of anilines is 1. The first-order valence-electron chi connectivity index (χ1n) is 17.6. The quantitative estimate of drug-likeness (QED) is 0.124. The molecular formula is C41H50ClI2N2O2+. The molecule has 0 bridgehead atoms. The molecule has 1 aliphatic carbocycles. The number of carboxylic acids is 1. The summed E-state index contributed by atoms with van der Waals surface area (Å²) in [6.07, 6.45) is 18.7. The number of halogens is 3. The number of fused-ring (bicyclic) bond motifs is 2. The lowest BCUT2D eigenvalue weighted by Crippen LogP contribution is -2.28. The molecule has 0 radical (unpaired) electrons. The number of rotatable bonds is 13. The molecule has 3 aliphatic rings. The van der Waals surface area contributed by atoms with E-state index >= 15 is 0 Å². The number of hydrogen-bond donors (Lipinski definition) is 1. The molecule has 0 unspecified atom stereocenters. The van der Waals surface area contributed by atoms with Crippen LogP contribution in [0.4, 0.5) is 11.4 Å². The van der Waals surface area contributed by atoms with Crippen molar-refractivity contribution in [3.63, 3.8) is 0 Å². The molecule has 0 aromatic heterocycles. The van der Waals surface area contributed by atoms with Crippen molar-refractivity contribution < 1.29 is 14.5 Å². The van der Waals surface area contributed by atoms with Gasteiger partial charge in [-0.2, -0.15) is 4.58 Å². The van der Waals surface area contributed by atoms with Crippen LogP contribution in [-0.2, 0) is 15.6 Å². The van der Waals surface area contributed by atoms with E-state index in [0.717, 1.165) is 50.2 Å². The second-order valence-corrected chi connectivity index (χ2v) is 17.3. The average Bonchev–Trinajstić information content (AvgIpc) is 3.37. The number of nitrogens with zero attached hydrogens (tertiary/aromatic N) is 2. The minimum atomic E-state index is -0.717. The maximum absolute atomic E-state index is 11.0. The van der Waals surface area contributed by atoms with Crippen LogP contribution in [0.1, 0.15) is 110 Å². The van der Waals surface area contributed by atoms with E-state index in [1.54, 1.807) is 0 Å². The van der Waals surface area contributed by atoms with Crippen LogP contribution in [-0.4, -0.2) is 34.5 Å². The van der Waals surface area contributed by atoms with Gasteiger partial charge in [0, 0.05) is 66.1 Å². The highest BCUT2D eigenvalue weighted by molar-refractivity contribution is 14.1. The molecule has 0 fully saturated rings. The zero-order chi connectivity index (χ0) is 34.6. The maximum atomic E-state index is 11.0. The van der Waals surface area contributed by atoms with Crippen molar-refractivity contribution in [3.8, 4) is 0 Å². The van der Waals surface area contributed by atoms with Gasteiger partial charge in [-0.3, -0.25) is 4.79 Å². The molecule has 5 rings (SSSR count). The molecule has 0 amide bonds. The smallest absolute Gasteiger partial charge is 0.303 e. The Bertz CT molecular complexity index is 1710. The standard InChI is InChI=1S/C41H49ClI2N2O2/c1-6-7-10-24-45-34-20-18-30(43)26-32(34)40(2,3)36(45)22-16-28-13-12-14-29(39(28)42)17-23-37-41(4,5)33-27-31(44)19-21-35(33)46(37)25-11-8-9-15-38(47)48/h16-23,26-27H,6-15,24-25H2,1-5H3/p+1. The molecule has 1 N–H and O–H groups in total. The summed E-state index contributed by atoms with van der Waals surface area (Å²) in [6.45, 7) is 13.5. The van der Waals surface area contributed by atoms with Gasteiger partial charge in [0.25, 0.3) is 0 Å². The van der Waals surface area contributed by atoms with Crippen LogP contribution in [0.25, 0.3) is 0 Å². The summed E-state index contributed by atoms with van der Waals surface area (Å²) in [5, 5.41) is 9.97. The van der Waals surface area contributed by atoms with Crippen molar-refractivity contribution in [1.29, 1.82) is 0 Å². The zero-order valence-corrected chi connectivity index (χ0v) is 34.2. The van der Waals surface area contributed by atoms with Gasteiger partial charge in [-0.1, -0.05) is 57.4 Å². The topological polar surface area (TPSA) is 43.5 Å². The molecule has 2 aromatic rings. The monoisotopic (exact) mass is 891 g/mol. The van der Waals surface area contributed by atoms with Crippen molar-refractivity contribution in [1.82, 2.24) is 0 Å². The van der Waals surface area contributed by atoms with Crippen LogP contribution >= 0.6 is 56.8 Å². The Labute approximate surface area is 320 Å². The van der Waals surface area contributed by atoms with Gasteiger partial charge in [0.15, 0.2) is 5.71 Å². The van der Waals surface area contributed by atoms with E-state index in [-0.39, 0.29) is 17.3 Å². The Hall–Kier alpha value is -1.91. The lowest BCUT2D eigenvalue weighted by molar-refractivity contribution is -0.438. The third-order valence-electron chi connectivity index (χ3n) is 10.3. The SMILES string of the molecule is CCCCC[N+]1=C(C=CC2=C(Cl)C(=CC=C3N(CCCCCC(=O)O)c4ccc(I)cc4C3(C)C)CCC2)C(C)(C)c2cc(I)ccc21. The number of benzene rings is 2. The number of aliphatic carboxylic acids is 1. The minimum Gasteiger partial charge on any atom is -0.481 e. The second-order valence-electron chi connectivity index (χ2n) is 14.4. The molecule has 0 spiro atoms. The van der Waals surface area contributed by atoms with Gasteiger partial charge < -0.3 is 10.0 Å². The number of hydrogen-bond acceptors (Lipinski definition) is 2. The van der Waals surface area contributed by atoms with Crippen LogP contribution in [0.15, 0.2) is 82.6 Å². The zero-order valence-electron chi connectivity index (χ0n) is 29.1. The van der Waals surface area contributed by atoms with Gasteiger partial charge in [0.2, 0.25) is 5.69 Å². The molecule has 2 heterocycles. The van der Waals surface area contributed by atoms with E-state index in [1.165, 1.54) is 71.5 Å². The van der Waals surface area contributed by atoms with E-state index in [9.17, 15) is 4.79 Å². The fourth-order valence-electron chi connectivity index (χ4n) is 7.59. The van der Waals surface area contributed by atoms with Crippen LogP contribution in [0.3, 0.4) is 0 Å². The minimum absolute atomic E-state index is 0.0814. The molecular weight excluding hydrogens is 842 g/mol. The number of carbonyl (C=O) groups is 1. The van der Waals surface area contributed by atoms with Crippen LogP contribution in [0.5, 0.6) is 0 Å². The number of unbranched alkanes of at least 4 members (excludes halogenated alkanes) is 4. The van der Waals surface area contributed by atoms with E-state index in [4.69, 9.17) is 16.7 Å². The summed E-state index contributed by atoms with van der Waals surface area (Å²) < 4.78 is 5.06. The third kappa shape index (κ3) is 8.01.